The quantitative estimate of drug-likeness (QED) is 0.387. The van der Waals surface area contributed by atoms with Crippen LogP contribution in [0.15, 0.2) is 33.9 Å². The van der Waals surface area contributed by atoms with Crippen molar-refractivity contribution in [2.24, 2.45) is 0 Å². The van der Waals surface area contributed by atoms with E-state index in [4.69, 9.17) is 4.84 Å². The Morgan fingerprint density at radius 3 is 2.27 bits per heavy atom. The predicted octanol–water partition coefficient (Wildman–Crippen LogP) is 4.71. The number of thioether (sulfide) groups is 1. The van der Waals surface area contributed by atoms with Gasteiger partial charge in [-0.05, 0) is 58.2 Å². The van der Waals surface area contributed by atoms with Crippen molar-refractivity contribution < 1.29 is 9.63 Å². The summed E-state index contributed by atoms with van der Waals surface area (Å²) < 4.78 is 0.968. The van der Waals surface area contributed by atoms with Crippen molar-refractivity contribution in [3.63, 3.8) is 0 Å². The van der Waals surface area contributed by atoms with Crippen molar-refractivity contribution in [2.45, 2.75) is 38.4 Å². The Labute approximate surface area is 190 Å². The molecule has 0 radical (unpaired) electrons. The molecule has 1 aromatic heterocycles. The van der Waals surface area contributed by atoms with Gasteiger partial charge in [-0.15, -0.1) is 0 Å². The number of hydroxylamine groups is 2. The lowest BCUT2D eigenvalue weighted by Crippen LogP contribution is -2.30. The number of hydrogen-bond donors (Lipinski definition) is 3. The number of nitrogens with zero attached hydrogens (tertiary/aromatic N) is 4. The summed E-state index contributed by atoms with van der Waals surface area (Å²) in [5, 5.41) is 10.8. The van der Waals surface area contributed by atoms with Gasteiger partial charge in [0.1, 0.15) is 0 Å². The first-order valence-electron chi connectivity index (χ1n) is 9.24. The smallest absolute Gasteiger partial charge is 0.345 e. The van der Waals surface area contributed by atoms with E-state index in [2.05, 4.69) is 67.6 Å². The van der Waals surface area contributed by atoms with E-state index in [0.29, 0.717) is 11.9 Å². The van der Waals surface area contributed by atoms with E-state index in [1.54, 1.807) is 12.1 Å². The molecule has 0 aliphatic heterocycles. The Kier molecular flexibility index (Phi) is 10.8. The minimum atomic E-state index is -0.310. The molecular weight excluding hydrogens is 470 g/mol. The van der Waals surface area contributed by atoms with Gasteiger partial charge in [-0.3, -0.25) is 4.84 Å². The second kappa shape index (κ2) is 12.6. The summed E-state index contributed by atoms with van der Waals surface area (Å²) >= 11 is 4.81. The van der Waals surface area contributed by atoms with E-state index in [9.17, 15) is 4.79 Å². The SMILES string of the molecule is CCNc1nc(NC(C)(C)C)nc(SC)n1.CON(C)C(=O)Nc1ccc(Br)cc1. The zero-order valence-electron chi connectivity index (χ0n) is 18.4. The third kappa shape index (κ3) is 10.1. The van der Waals surface area contributed by atoms with E-state index in [1.165, 1.54) is 25.9 Å². The van der Waals surface area contributed by atoms with Gasteiger partial charge in [0, 0.05) is 29.3 Å². The molecule has 0 bridgehead atoms. The van der Waals surface area contributed by atoms with Crippen LogP contribution in [0.3, 0.4) is 0 Å². The molecule has 166 valence electrons. The number of carbonyl (C=O) groups excluding carboxylic acids is 1. The lowest BCUT2D eigenvalue weighted by atomic mass is 10.1. The van der Waals surface area contributed by atoms with Crippen molar-refractivity contribution in [3.05, 3.63) is 28.7 Å². The zero-order chi connectivity index (χ0) is 22.7. The minimum Gasteiger partial charge on any atom is -0.354 e. The second-order valence-corrected chi connectivity index (χ2v) is 8.68. The highest BCUT2D eigenvalue weighted by Gasteiger charge is 2.13. The molecule has 1 heterocycles. The predicted molar refractivity (Wildman–Crippen MR) is 127 cm³/mol. The molecule has 3 N–H and O–H groups in total. The van der Waals surface area contributed by atoms with Gasteiger partial charge in [0.05, 0.1) is 7.11 Å². The summed E-state index contributed by atoms with van der Waals surface area (Å²) in [7, 11) is 2.97. The molecule has 0 saturated carbocycles. The summed E-state index contributed by atoms with van der Waals surface area (Å²) in [6.45, 7) is 9.03. The molecule has 2 amide bonds. The summed E-state index contributed by atoms with van der Waals surface area (Å²) in [5.74, 6) is 1.23. The van der Waals surface area contributed by atoms with Crippen molar-refractivity contribution in [1.29, 1.82) is 0 Å². The van der Waals surface area contributed by atoms with Crippen LogP contribution in [0.1, 0.15) is 27.7 Å². The number of hydrogen-bond acceptors (Lipinski definition) is 8. The van der Waals surface area contributed by atoms with Gasteiger partial charge in [0.15, 0.2) is 5.16 Å². The van der Waals surface area contributed by atoms with Crippen LogP contribution in [0.5, 0.6) is 0 Å². The van der Waals surface area contributed by atoms with Crippen LogP contribution in [0.25, 0.3) is 0 Å². The number of rotatable bonds is 6. The van der Waals surface area contributed by atoms with Crippen LogP contribution in [0.4, 0.5) is 22.4 Å². The van der Waals surface area contributed by atoms with E-state index in [1.807, 2.05) is 25.3 Å². The first kappa shape index (κ1) is 25.9. The maximum absolute atomic E-state index is 11.3. The molecule has 11 heteroatoms. The number of halogens is 1. The largest absolute Gasteiger partial charge is 0.354 e. The third-order valence-electron chi connectivity index (χ3n) is 3.27. The number of amides is 2. The van der Waals surface area contributed by atoms with E-state index in [0.717, 1.165) is 26.9 Å². The van der Waals surface area contributed by atoms with Crippen molar-refractivity contribution in [1.82, 2.24) is 20.0 Å². The standard InChI is InChI=1S/C10H19N5S.C9H11BrN2O2/c1-6-11-7-12-8(15-10(2,3)4)14-9(13-7)16-5;1-12(14-2)9(13)11-8-5-3-7(10)4-6-8/h6H2,1-5H3,(H2,11,12,13,14,15);3-6H,1-2H3,(H,11,13). The van der Waals surface area contributed by atoms with Gasteiger partial charge in [-0.25, -0.2) is 9.86 Å². The molecule has 0 spiro atoms. The zero-order valence-corrected chi connectivity index (χ0v) is 20.8. The third-order valence-corrected chi connectivity index (χ3v) is 4.35. The number of carbonyl (C=O) groups is 1. The summed E-state index contributed by atoms with van der Waals surface area (Å²) in [5.41, 5.74) is 0.669. The van der Waals surface area contributed by atoms with Gasteiger partial charge in [-0.1, -0.05) is 27.7 Å². The highest BCUT2D eigenvalue weighted by Crippen LogP contribution is 2.16. The van der Waals surface area contributed by atoms with Crippen LogP contribution >= 0.6 is 27.7 Å². The summed E-state index contributed by atoms with van der Waals surface area (Å²) in [6.07, 6.45) is 1.95. The Bertz CT molecular complexity index is 800. The Morgan fingerprint density at radius 1 is 1.17 bits per heavy atom. The molecule has 0 atom stereocenters. The van der Waals surface area contributed by atoms with Crippen molar-refractivity contribution in [2.75, 3.05) is 42.9 Å². The molecule has 9 nitrogen and oxygen atoms in total. The minimum absolute atomic E-state index is 0.0550. The Balaban J connectivity index is 0.000000303. The average molecular weight is 500 g/mol. The molecule has 30 heavy (non-hydrogen) atoms. The van der Waals surface area contributed by atoms with Crippen LogP contribution in [0.2, 0.25) is 0 Å². The lowest BCUT2D eigenvalue weighted by molar-refractivity contribution is -0.0598. The normalized spacial score (nSPS) is 10.5. The van der Waals surface area contributed by atoms with E-state index in [-0.39, 0.29) is 11.6 Å². The van der Waals surface area contributed by atoms with Gasteiger partial charge >= 0.3 is 6.03 Å². The van der Waals surface area contributed by atoms with Crippen LogP contribution < -0.4 is 16.0 Å². The Morgan fingerprint density at radius 2 is 1.77 bits per heavy atom. The van der Waals surface area contributed by atoms with Crippen LogP contribution in [0, 0.1) is 0 Å². The molecule has 1 aromatic carbocycles. The lowest BCUT2D eigenvalue weighted by Gasteiger charge is -2.20. The number of nitrogens with one attached hydrogen (secondary N) is 3. The molecule has 2 aromatic rings. The summed E-state index contributed by atoms with van der Waals surface area (Å²) in [6, 6.07) is 6.98. The molecule has 0 unspecified atom stereocenters. The molecule has 0 aliphatic carbocycles. The van der Waals surface area contributed by atoms with Crippen molar-refractivity contribution in [3.8, 4) is 0 Å². The fourth-order valence-corrected chi connectivity index (χ4v) is 2.51. The second-order valence-electron chi connectivity index (χ2n) is 6.99. The monoisotopic (exact) mass is 499 g/mol. The first-order valence-corrected chi connectivity index (χ1v) is 11.3. The van der Waals surface area contributed by atoms with Crippen LogP contribution in [-0.4, -0.2) is 58.5 Å². The van der Waals surface area contributed by atoms with Gasteiger partial charge in [-0.2, -0.15) is 15.0 Å². The van der Waals surface area contributed by atoms with Gasteiger partial charge < -0.3 is 16.0 Å². The number of anilines is 3. The topological polar surface area (TPSA) is 104 Å². The maximum atomic E-state index is 11.3. The molecule has 0 aliphatic rings. The fourth-order valence-electron chi connectivity index (χ4n) is 1.89. The molecule has 0 fully saturated rings. The summed E-state index contributed by atoms with van der Waals surface area (Å²) in [4.78, 5) is 28.9. The van der Waals surface area contributed by atoms with E-state index < -0.39 is 0 Å². The maximum Gasteiger partial charge on any atom is 0.345 e. The van der Waals surface area contributed by atoms with E-state index >= 15 is 0 Å². The first-order chi connectivity index (χ1) is 14.1. The molecular formula is C19H30BrN7O2S. The molecule has 0 saturated heterocycles. The highest BCUT2D eigenvalue weighted by molar-refractivity contribution is 9.10. The number of aromatic nitrogens is 3. The van der Waals surface area contributed by atoms with Gasteiger partial charge in [0.2, 0.25) is 11.9 Å². The highest BCUT2D eigenvalue weighted by atomic mass is 79.9. The fraction of sp³-hybridized carbons (Fsp3) is 0.474. The number of urea groups is 1. The average Bonchev–Trinajstić information content (AvgIpc) is 2.68. The van der Waals surface area contributed by atoms with Gasteiger partial charge in [0.25, 0.3) is 0 Å². The van der Waals surface area contributed by atoms with Crippen molar-refractivity contribution >= 4 is 51.3 Å². The number of benzene rings is 1. The van der Waals surface area contributed by atoms with Crippen LogP contribution in [-0.2, 0) is 4.84 Å². The Hall–Kier alpha value is -2.11. The molecule has 2 rings (SSSR count).